The van der Waals surface area contributed by atoms with E-state index in [1.165, 1.54) is 24.8 Å². The molecule has 0 aliphatic rings. The molecule has 0 radical (unpaired) electrons. The van der Waals surface area contributed by atoms with Gasteiger partial charge in [-0.2, -0.15) is 0 Å². The molecule has 0 atom stereocenters. The summed E-state index contributed by atoms with van der Waals surface area (Å²) in [6.45, 7) is 7.00. The van der Waals surface area contributed by atoms with E-state index in [1.807, 2.05) is 6.07 Å². The molecule has 102 valence electrons. The van der Waals surface area contributed by atoms with Crippen molar-refractivity contribution in [2.24, 2.45) is 0 Å². The Morgan fingerprint density at radius 1 is 1.17 bits per heavy atom. The van der Waals surface area contributed by atoms with Gasteiger partial charge >= 0.3 is 0 Å². The fourth-order valence-corrected chi connectivity index (χ4v) is 2.21. The zero-order valence-electron chi connectivity index (χ0n) is 11.5. The Morgan fingerprint density at radius 3 is 2.72 bits per heavy atom. The second-order valence-corrected chi connectivity index (χ2v) is 5.36. The lowest BCUT2D eigenvalue weighted by atomic mass is 10.2. The van der Waals surface area contributed by atoms with Crippen LogP contribution >= 0.6 is 15.9 Å². The molecule has 1 aromatic carbocycles. The molecule has 1 N–H and O–H groups in total. The molecule has 0 bridgehead atoms. The van der Waals surface area contributed by atoms with Gasteiger partial charge in [0.05, 0.1) is 6.61 Å². The van der Waals surface area contributed by atoms with Crippen molar-refractivity contribution in [3.05, 3.63) is 28.2 Å². The molecule has 0 fully saturated rings. The Bertz CT molecular complexity index is 341. The first-order chi connectivity index (χ1) is 8.77. The number of hydrogen-bond acceptors (Lipinski definition) is 2. The van der Waals surface area contributed by atoms with Crippen LogP contribution in [0.5, 0.6) is 5.75 Å². The van der Waals surface area contributed by atoms with Gasteiger partial charge in [0.25, 0.3) is 0 Å². The minimum absolute atomic E-state index is 0.820. The van der Waals surface area contributed by atoms with Crippen molar-refractivity contribution in [3.8, 4) is 5.75 Å². The van der Waals surface area contributed by atoms with Crippen LogP contribution in [0.2, 0.25) is 0 Å². The first kappa shape index (κ1) is 15.5. The Labute approximate surface area is 119 Å². The van der Waals surface area contributed by atoms with Crippen molar-refractivity contribution < 1.29 is 4.74 Å². The fourth-order valence-electron chi connectivity index (χ4n) is 1.80. The topological polar surface area (TPSA) is 21.3 Å². The predicted octanol–water partition coefficient (Wildman–Crippen LogP) is 4.52. The first-order valence-electron chi connectivity index (χ1n) is 6.89. The maximum absolute atomic E-state index is 5.87. The average molecular weight is 314 g/mol. The monoisotopic (exact) mass is 313 g/mol. The standard InChI is InChI=1S/C15H24BrNO/c1-3-5-6-7-10-18-15-9-8-14(16)11-13(15)12-17-4-2/h8-9,11,17H,3-7,10,12H2,1-2H3. The third-order valence-corrected chi connectivity index (χ3v) is 3.34. The van der Waals surface area contributed by atoms with E-state index in [4.69, 9.17) is 4.74 Å². The molecule has 0 aromatic heterocycles. The third-order valence-electron chi connectivity index (χ3n) is 2.84. The summed E-state index contributed by atoms with van der Waals surface area (Å²) in [5, 5.41) is 3.34. The van der Waals surface area contributed by atoms with Crippen LogP contribution in [0.25, 0.3) is 0 Å². The van der Waals surface area contributed by atoms with Crippen LogP contribution in [-0.2, 0) is 6.54 Å². The normalized spacial score (nSPS) is 10.6. The number of benzene rings is 1. The number of hydrogen-bond donors (Lipinski definition) is 1. The summed E-state index contributed by atoms with van der Waals surface area (Å²) in [6.07, 6.45) is 4.97. The molecular weight excluding hydrogens is 290 g/mol. The zero-order chi connectivity index (χ0) is 13.2. The minimum Gasteiger partial charge on any atom is -0.493 e. The number of nitrogens with one attached hydrogen (secondary N) is 1. The van der Waals surface area contributed by atoms with Crippen molar-refractivity contribution in [1.82, 2.24) is 5.32 Å². The number of ether oxygens (including phenoxy) is 1. The van der Waals surface area contributed by atoms with E-state index >= 15 is 0 Å². The number of rotatable bonds is 9. The summed E-state index contributed by atoms with van der Waals surface area (Å²) in [7, 11) is 0. The van der Waals surface area contributed by atoms with Crippen LogP contribution in [0.1, 0.15) is 45.1 Å². The summed E-state index contributed by atoms with van der Waals surface area (Å²) < 4.78 is 6.98. The van der Waals surface area contributed by atoms with E-state index in [0.717, 1.165) is 36.3 Å². The van der Waals surface area contributed by atoms with Crippen molar-refractivity contribution in [2.75, 3.05) is 13.2 Å². The second-order valence-electron chi connectivity index (χ2n) is 4.44. The van der Waals surface area contributed by atoms with Crippen LogP contribution < -0.4 is 10.1 Å². The van der Waals surface area contributed by atoms with Crippen LogP contribution in [-0.4, -0.2) is 13.2 Å². The van der Waals surface area contributed by atoms with Crippen molar-refractivity contribution in [1.29, 1.82) is 0 Å². The van der Waals surface area contributed by atoms with Gasteiger partial charge in [0, 0.05) is 16.6 Å². The van der Waals surface area contributed by atoms with Crippen LogP contribution in [0, 0.1) is 0 Å². The second kappa shape index (κ2) is 9.40. The highest BCUT2D eigenvalue weighted by molar-refractivity contribution is 9.10. The van der Waals surface area contributed by atoms with Gasteiger partial charge in [0.15, 0.2) is 0 Å². The Hall–Kier alpha value is -0.540. The first-order valence-corrected chi connectivity index (χ1v) is 7.69. The molecule has 2 nitrogen and oxygen atoms in total. The van der Waals surface area contributed by atoms with E-state index < -0.39 is 0 Å². The largest absolute Gasteiger partial charge is 0.493 e. The Kier molecular flexibility index (Phi) is 8.10. The maximum atomic E-state index is 5.87. The number of unbranched alkanes of at least 4 members (excludes halogenated alkanes) is 3. The van der Waals surface area contributed by atoms with Gasteiger partial charge in [0.2, 0.25) is 0 Å². The van der Waals surface area contributed by atoms with E-state index in [2.05, 4.69) is 47.2 Å². The molecule has 0 amide bonds. The van der Waals surface area contributed by atoms with Crippen molar-refractivity contribution in [3.63, 3.8) is 0 Å². The van der Waals surface area contributed by atoms with Crippen LogP contribution in [0.3, 0.4) is 0 Å². The van der Waals surface area contributed by atoms with Crippen molar-refractivity contribution in [2.45, 2.75) is 46.1 Å². The molecule has 0 unspecified atom stereocenters. The van der Waals surface area contributed by atoms with Crippen LogP contribution in [0.15, 0.2) is 22.7 Å². The summed E-state index contributed by atoms with van der Waals surface area (Å²) in [5.74, 6) is 1.01. The summed E-state index contributed by atoms with van der Waals surface area (Å²) in [4.78, 5) is 0. The zero-order valence-corrected chi connectivity index (χ0v) is 13.1. The van der Waals surface area contributed by atoms with Gasteiger partial charge in [-0.05, 0) is 31.2 Å². The SMILES string of the molecule is CCCCCCOc1ccc(Br)cc1CNCC. The molecule has 0 heterocycles. The highest BCUT2D eigenvalue weighted by Crippen LogP contribution is 2.23. The molecule has 0 saturated heterocycles. The molecular formula is C15H24BrNO. The number of halogens is 1. The lowest BCUT2D eigenvalue weighted by Crippen LogP contribution is -2.13. The van der Waals surface area contributed by atoms with E-state index in [-0.39, 0.29) is 0 Å². The van der Waals surface area contributed by atoms with E-state index in [1.54, 1.807) is 0 Å². The van der Waals surface area contributed by atoms with Gasteiger partial charge in [0.1, 0.15) is 5.75 Å². The maximum Gasteiger partial charge on any atom is 0.123 e. The molecule has 1 aromatic rings. The summed E-state index contributed by atoms with van der Waals surface area (Å²) in [5.41, 5.74) is 1.22. The lowest BCUT2D eigenvalue weighted by molar-refractivity contribution is 0.301. The molecule has 0 aliphatic heterocycles. The Morgan fingerprint density at radius 2 is 2.00 bits per heavy atom. The summed E-state index contributed by atoms with van der Waals surface area (Å²) in [6, 6.07) is 6.22. The van der Waals surface area contributed by atoms with Crippen LogP contribution in [0.4, 0.5) is 0 Å². The van der Waals surface area contributed by atoms with Gasteiger partial charge in [-0.15, -0.1) is 0 Å². The lowest BCUT2D eigenvalue weighted by Gasteiger charge is -2.12. The summed E-state index contributed by atoms with van der Waals surface area (Å²) >= 11 is 3.51. The van der Waals surface area contributed by atoms with Gasteiger partial charge in [-0.3, -0.25) is 0 Å². The smallest absolute Gasteiger partial charge is 0.123 e. The molecule has 18 heavy (non-hydrogen) atoms. The fraction of sp³-hybridized carbons (Fsp3) is 0.600. The average Bonchev–Trinajstić information content (AvgIpc) is 2.38. The minimum atomic E-state index is 0.820. The van der Waals surface area contributed by atoms with E-state index in [9.17, 15) is 0 Å². The highest BCUT2D eigenvalue weighted by Gasteiger charge is 2.04. The highest BCUT2D eigenvalue weighted by atomic mass is 79.9. The molecule has 0 aliphatic carbocycles. The van der Waals surface area contributed by atoms with Crippen molar-refractivity contribution >= 4 is 15.9 Å². The quantitative estimate of drug-likeness (QED) is 0.677. The van der Waals surface area contributed by atoms with Gasteiger partial charge in [-0.1, -0.05) is 49.0 Å². The molecule has 1 rings (SSSR count). The molecule has 0 saturated carbocycles. The van der Waals surface area contributed by atoms with E-state index in [0.29, 0.717) is 0 Å². The predicted molar refractivity (Wildman–Crippen MR) is 81.2 cm³/mol. The third kappa shape index (κ3) is 5.87. The Balaban J connectivity index is 2.47. The molecule has 3 heteroatoms. The van der Waals surface area contributed by atoms with Gasteiger partial charge in [-0.25, -0.2) is 0 Å². The molecule has 0 spiro atoms. The van der Waals surface area contributed by atoms with Gasteiger partial charge < -0.3 is 10.1 Å².